The summed E-state index contributed by atoms with van der Waals surface area (Å²) in [5, 5.41) is 13.1. The van der Waals surface area contributed by atoms with E-state index in [2.05, 4.69) is 26.1 Å². The summed E-state index contributed by atoms with van der Waals surface area (Å²) in [4.78, 5) is 25.4. The summed E-state index contributed by atoms with van der Waals surface area (Å²) in [5.74, 6) is -0.0469. The van der Waals surface area contributed by atoms with E-state index < -0.39 is 11.8 Å². The second kappa shape index (κ2) is 8.27. The Morgan fingerprint density at radius 3 is 2.45 bits per heavy atom. The molecule has 0 fully saturated rings. The number of amides is 2. The van der Waals surface area contributed by atoms with Crippen LogP contribution in [0.25, 0.3) is 16.7 Å². The van der Waals surface area contributed by atoms with E-state index in [9.17, 15) is 9.59 Å². The molecule has 10 nitrogen and oxygen atoms in total. The number of hydrogen-bond donors (Lipinski definition) is 2. The zero-order valence-corrected chi connectivity index (χ0v) is 17.3. The van der Waals surface area contributed by atoms with Gasteiger partial charge in [-0.25, -0.2) is 4.68 Å². The first kappa shape index (κ1) is 20.1. The molecule has 4 rings (SSSR count). The minimum Gasteiger partial charge on any atom is -0.480 e. The summed E-state index contributed by atoms with van der Waals surface area (Å²) in [6.45, 7) is 1.90. The maximum atomic E-state index is 12.7. The van der Waals surface area contributed by atoms with Gasteiger partial charge >= 0.3 is 0 Å². The van der Waals surface area contributed by atoms with Gasteiger partial charge in [0.2, 0.25) is 5.88 Å². The van der Waals surface area contributed by atoms with E-state index in [1.54, 1.807) is 18.3 Å². The molecule has 3 heterocycles. The van der Waals surface area contributed by atoms with Crippen LogP contribution in [0.3, 0.4) is 0 Å². The molecule has 1 aromatic carbocycles. The van der Waals surface area contributed by atoms with Gasteiger partial charge in [-0.05, 0) is 18.6 Å². The van der Waals surface area contributed by atoms with Gasteiger partial charge in [-0.2, -0.15) is 5.10 Å². The Labute approximate surface area is 177 Å². The predicted molar refractivity (Wildman–Crippen MR) is 113 cm³/mol. The standard InChI is InChI=1S/C21H21N7O3/c1-4-16-14(11-22-28(16)18-9-10-19(31-3)24-23-18)20(29)25-26-21(30)15-12-27(2)17-8-6-5-7-13(15)17/h5-12H,4H2,1-3H3,(H,25,29)(H,26,30). The van der Waals surface area contributed by atoms with Crippen LogP contribution in [0.15, 0.2) is 48.8 Å². The van der Waals surface area contributed by atoms with Crippen molar-refractivity contribution in [2.24, 2.45) is 7.05 Å². The van der Waals surface area contributed by atoms with E-state index in [1.165, 1.54) is 18.0 Å². The lowest BCUT2D eigenvalue weighted by atomic mass is 10.1. The highest BCUT2D eigenvalue weighted by Gasteiger charge is 2.20. The van der Waals surface area contributed by atoms with Crippen LogP contribution in [-0.2, 0) is 13.5 Å². The van der Waals surface area contributed by atoms with Crippen molar-refractivity contribution < 1.29 is 14.3 Å². The van der Waals surface area contributed by atoms with Crippen LogP contribution in [-0.4, -0.2) is 43.5 Å². The van der Waals surface area contributed by atoms with Crippen molar-refractivity contribution in [2.75, 3.05) is 7.11 Å². The Morgan fingerprint density at radius 2 is 1.77 bits per heavy atom. The number of carbonyl (C=O) groups excluding carboxylic acids is 2. The number of para-hydroxylation sites is 1. The Bertz CT molecular complexity index is 1260. The normalized spacial score (nSPS) is 10.8. The summed E-state index contributed by atoms with van der Waals surface area (Å²) in [6, 6.07) is 10.9. The molecule has 0 atom stereocenters. The van der Waals surface area contributed by atoms with Crippen LogP contribution >= 0.6 is 0 Å². The van der Waals surface area contributed by atoms with Crippen molar-refractivity contribution in [3.63, 3.8) is 0 Å². The first-order valence-corrected chi connectivity index (χ1v) is 9.63. The molecule has 2 amide bonds. The van der Waals surface area contributed by atoms with Crippen LogP contribution < -0.4 is 15.6 Å². The number of aromatic nitrogens is 5. The fourth-order valence-corrected chi connectivity index (χ4v) is 3.41. The van der Waals surface area contributed by atoms with Crippen molar-refractivity contribution in [1.82, 2.24) is 35.4 Å². The van der Waals surface area contributed by atoms with E-state index in [4.69, 9.17) is 4.74 Å². The highest BCUT2D eigenvalue weighted by Crippen LogP contribution is 2.20. The van der Waals surface area contributed by atoms with Gasteiger partial charge in [0, 0.05) is 30.2 Å². The van der Waals surface area contributed by atoms with E-state index in [-0.39, 0.29) is 0 Å². The Kier molecular flexibility index (Phi) is 5.35. The first-order valence-electron chi connectivity index (χ1n) is 9.63. The number of methoxy groups -OCH3 is 1. The maximum Gasteiger partial charge on any atom is 0.273 e. The maximum absolute atomic E-state index is 12.7. The fraction of sp³-hybridized carbons (Fsp3) is 0.190. The van der Waals surface area contributed by atoms with Gasteiger partial charge in [-0.1, -0.05) is 25.1 Å². The first-order chi connectivity index (χ1) is 15.0. The van der Waals surface area contributed by atoms with E-state index in [1.807, 2.05) is 42.8 Å². The van der Waals surface area contributed by atoms with Crippen molar-refractivity contribution in [1.29, 1.82) is 0 Å². The number of carbonyl (C=O) groups is 2. The molecule has 0 radical (unpaired) electrons. The monoisotopic (exact) mass is 419 g/mol. The number of benzene rings is 1. The number of ether oxygens (including phenoxy) is 1. The average molecular weight is 419 g/mol. The zero-order valence-electron chi connectivity index (χ0n) is 17.3. The third-order valence-corrected chi connectivity index (χ3v) is 4.93. The Hall–Kier alpha value is -4.21. The fourth-order valence-electron chi connectivity index (χ4n) is 3.41. The van der Waals surface area contributed by atoms with Crippen LogP contribution in [0, 0.1) is 0 Å². The minimum absolute atomic E-state index is 0.332. The van der Waals surface area contributed by atoms with Crippen molar-refractivity contribution in [3.05, 3.63) is 65.6 Å². The number of rotatable bonds is 5. The van der Waals surface area contributed by atoms with Crippen LogP contribution in [0.5, 0.6) is 5.88 Å². The molecule has 0 saturated carbocycles. The molecule has 0 aliphatic carbocycles. The van der Waals surface area contributed by atoms with Gasteiger partial charge < -0.3 is 9.30 Å². The zero-order chi connectivity index (χ0) is 22.0. The lowest BCUT2D eigenvalue weighted by molar-refractivity contribution is 0.0847. The Morgan fingerprint density at radius 1 is 1.03 bits per heavy atom. The quantitative estimate of drug-likeness (QED) is 0.477. The smallest absolute Gasteiger partial charge is 0.273 e. The number of hydrazine groups is 1. The lowest BCUT2D eigenvalue weighted by Gasteiger charge is -2.09. The van der Waals surface area contributed by atoms with Crippen LogP contribution in [0.4, 0.5) is 0 Å². The molecule has 0 aliphatic rings. The summed E-state index contributed by atoms with van der Waals surface area (Å²) in [5.41, 5.74) is 7.32. The van der Waals surface area contributed by atoms with Gasteiger partial charge in [0.15, 0.2) is 5.82 Å². The van der Waals surface area contributed by atoms with E-state index in [0.717, 1.165) is 10.9 Å². The molecule has 0 saturated heterocycles. The van der Waals surface area contributed by atoms with Gasteiger partial charge in [0.05, 0.1) is 30.1 Å². The summed E-state index contributed by atoms with van der Waals surface area (Å²) in [7, 11) is 3.37. The average Bonchev–Trinajstić information content (AvgIpc) is 3.39. The molecular formula is C21H21N7O3. The van der Waals surface area contributed by atoms with Gasteiger partial charge in [-0.15, -0.1) is 10.2 Å². The number of hydrogen-bond acceptors (Lipinski definition) is 6. The summed E-state index contributed by atoms with van der Waals surface area (Å²) >= 11 is 0. The van der Waals surface area contributed by atoms with Gasteiger partial charge in [0.1, 0.15) is 0 Å². The van der Waals surface area contributed by atoms with Gasteiger partial charge in [0.25, 0.3) is 11.8 Å². The van der Waals surface area contributed by atoms with Crippen molar-refractivity contribution in [3.8, 4) is 11.7 Å². The molecule has 2 N–H and O–H groups in total. The van der Waals surface area contributed by atoms with Crippen molar-refractivity contribution >= 4 is 22.7 Å². The molecule has 3 aromatic heterocycles. The van der Waals surface area contributed by atoms with Gasteiger partial charge in [-0.3, -0.25) is 20.4 Å². The second-order valence-corrected chi connectivity index (χ2v) is 6.78. The highest BCUT2D eigenvalue weighted by molar-refractivity contribution is 6.08. The Balaban J connectivity index is 1.52. The van der Waals surface area contributed by atoms with Crippen LogP contribution in [0.1, 0.15) is 33.3 Å². The number of aryl methyl sites for hydroxylation is 1. The highest BCUT2D eigenvalue weighted by atomic mass is 16.5. The molecule has 0 aliphatic heterocycles. The largest absolute Gasteiger partial charge is 0.480 e. The van der Waals surface area contributed by atoms with Crippen molar-refractivity contribution in [2.45, 2.75) is 13.3 Å². The third-order valence-electron chi connectivity index (χ3n) is 4.93. The number of fused-ring (bicyclic) bond motifs is 1. The number of nitrogens with one attached hydrogen (secondary N) is 2. The summed E-state index contributed by atoms with van der Waals surface area (Å²) in [6.07, 6.45) is 3.68. The SMILES string of the molecule is CCc1c(C(=O)NNC(=O)c2cn(C)c3ccccc23)cnn1-c1ccc(OC)nn1. The molecule has 158 valence electrons. The molecule has 10 heteroatoms. The molecular weight excluding hydrogens is 398 g/mol. The second-order valence-electron chi connectivity index (χ2n) is 6.78. The molecule has 4 aromatic rings. The molecule has 0 bridgehead atoms. The lowest BCUT2D eigenvalue weighted by Crippen LogP contribution is -2.41. The van der Waals surface area contributed by atoms with Crippen LogP contribution in [0.2, 0.25) is 0 Å². The summed E-state index contributed by atoms with van der Waals surface area (Å²) < 4.78 is 8.41. The third kappa shape index (κ3) is 3.70. The predicted octanol–water partition coefficient (Wildman–Crippen LogP) is 1.80. The number of nitrogens with zero attached hydrogens (tertiary/aromatic N) is 5. The molecule has 31 heavy (non-hydrogen) atoms. The molecule has 0 unspecified atom stereocenters. The topological polar surface area (TPSA) is 116 Å². The minimum atomic E-state index is -0.474. The van der Waals surface area contributed by atoms with E-state index >= 15 is 0 Å². The molecule has 0 spiro atoms. The van der Waals surface area contributed by atoms with E-state index in [0.29, 0.717) is 34.9 Å².